The Morgan fingerprint density at radius 2 is 1.88 bits per heavy atom. The summed E-state index contributed by atoms with van der Waals surface area (Å²) < 4.78 is 30.5. The van der Waals surface area contributed by atoms with Gasteiger partial charge in [0.25, 0.3) is 5.91 Å². The maximum atomic E-state index is 12.2. The van der Waals surface area contributed by atoms with Gasteiger partial charge in [0.05, 0.1) is 26.8 Å². The number of benzene rings is 2. The highest BCUT2D eigenvalue weighted by Crippen LogP contribution is 2.26. The van der Waals surface area contributed by atoms with Gasteiger partial charge in [-0.15, -0.1) is 0 Å². The Balaban J connectivity index is 1.59. The van der Waals surface area contributed by atoms with Crippen molar-refractivity contribution in [2.45, 2.75) is 4.90 Å². The molecule has 0 atom stereocenters. The highest BCUT2D eigenvalue weighted by molar-refractivity contribution is 7.89. The Labute approximate surface area is 190 Å². The molecule has 0 unspecified atom stereocenters. The number of sulfonamides is 1. The quantitative estimate of drug-likeness (QED) is 0.416. The minimum absolute atomic E-state index is 0.0370. The van der Waals surface area contributed by atoms with Crippen molar-refractivity contribution in [3.05, 3.63) is 71.4 Å². The molecule has 0 bridgehead atoms. The average Bonchev–Trinajstić information content (AvgIpc) is 2.77. The van der Waals surface area contributed by atoms with Crippen molar-refractivity contribution in [1.29, 1.82) is 0 Å². The molecule has 1 N–H and O–H groups in total. The van der Waals surface area contributed by atoms with Gasteiger partial charge in [-0.1, -0.05) is 35.9 Å². The van der Waals surface area contributed by atoms with Crippen molar-refractivity contribution in [3.8, 4) is 0 Å². The predicted molar refractivity (Wildman–Crippen MR) is 123 cm³/mol. The molecule has 3 aromatic rings. The van der Waals surface area contributed by atoms with E-state index >= 15 is 0 Å². The van der Waals surface area contributed by atoms with Gasteiger partial charge >= 0.3 is 5.97 Å². The molecule has 1 heterocycles. The van der Waals surface area contributed by atoms with Crippen LogP contribution in [0.1, 0.15) is 5.69 Å². The number of para-hydroxylation sites is 1. The van der Waals surface area contributed by atoms with E-state index in [0.717, 1.165) is 15.2 Å². The van der Waals surface area contributed by atoms with Crippen LogP contribution < -0.4 is 5.32 Å². The molecule has 1 aromatic heterocycles. The molecule has 0 aliphatic carbocycles. The summed E-state index contributed by atoms with van der Waals surface area (Å²) in [6.07, 6.45) is 2.65. The Morgan fingerprint density at radius 1 is 1.12 bits per heavy atom. The molecule has 0 spiro atoms. The molecular formula is C22H20ClN3O5S. The van der Waals surface area contributed by atoms with E-state index in [9.17, 15) is 18.0 Å². The second-order valence-corrected chi connectivity index (χ2v) is 9.41. The van der Waals surface area contributed by atoms with Crippen molar-refractivity contribution in [1.82, 2.24) is 9.29 Å². The van der Waals surface area contributed by atoms with Gasteiger partial charge in [-0.2, -0.15) is 0 Å². The number of amides is 1. The third kappa shape index (κ3) is 5.70. The molecule has 0 fully saturated rings. The fourth-order valence-electron chi connectivity index (χ4n) is 2.67. The fourth-order valence-corrected chi connectivity index (χ4v) is 3.76. The van der Waals surface area contributed by atoms with Gasteiger partial charge in [-0.05, 0) is 36.4 Å². The number of esters is 1. The summed E-state index contributed by atoms with van der Waals surface area (Å²) >= 11 is 6.04. The number of carbonyl (C=O) groups is 2. The lowest BCUT2D eigenvalue weighted by Crippen LogP contribution is -2.23. The van der Waals surface area contributed by atoms with E-state index in [-0.39, 0.29) is 15.6 Å². The molecule has 10 heteroatoms. The highest BCUT2D eigenvalue weighted by Gasteiger charge is 2.19. The number of aromatic nitrogens is 1. The second-order valence-electron chi connectivity index (χ2n) is 6.85. The van der Waals surface area contributed by atoms with E-state index in [1.807, 2.05) is 30.3 Å². The molecule has 0 saturated carbocycles. The fraction of sp³-hybridized carbons (Fsp3) is 0.136. The summed E-state index contributed by atoms with van der Waals surface area (Å²) in [7, 11) is -0.919. The van der Waals surface area contributed by atoms with Crippen molar-refractivity contribution < 1.29 is 22.7 Å². The van der Waals surface area contributed by atoms with Crippen LogP contribution in [0.5, 0.6) is 0 Å². The number of halogens is 1. The van der Waals surface area contributed by atoms with Gasteiger partial charge in [0, 0.05) is 25.6 Å². The maximum absolute atomic E-state index is 12.2. The minimum Gasteiger partial charge on any atom is -0.452 e. The van der Waals surface area contributed by atoms with Gasteiger partial charge in [0.2, 0.25) is 10.0 Å². The standard InChI is InChI=1S/C22H20ClN3O5S/c1-26(2)32(29,30)17-10-11-18(23)20(13-17)25-21(27)14-31-22(28)12-9-16-8-7-15-5-3-4-6-19(15)24-16/h3-13H,14H2,1-2H3,(H,25,27)/b12-9+. The normalized spacial score (nSPS) is 11.8. The number of fused-ring (bicyclic) bond motifs is 1. The van der Waals surface area contributed by atoms with Crippen molar-refractivity contribution in [2.24, 2.45) is 0 Å². The first-order valence-electron chi connectivity index (χ1n) is 9.39. The first kappa shape index (κ1) is 23.4. The monoisotopic (exact) mass is 473 g/mol. The summed E-state index contributed by atoms with van der Waals surface area (Å²) in [5.74, 6) is -1.40. The highest BCUT2D eigenvalue weighted by atomic mass is 35.5. The number of anilines is 1. The summed E-state index contributed by atoms with van der Waals surface area (Å²) in [5.41, 5.74) is 1.44. The first-order chi connectivity index (χ1) is 15.2. The summed E-state index contributed by atoms with van der Waals surface area (Å²) in [5, 5.41) is 3.56. The van der Waals surface area contributed by atoms with Crippen LogP contribution >= 0.6 is 11.6 Å². The van der Waals surface area contributed by atoms with Crippen molar-refractivity contribution >= 4 is 56.2 Å². The molecule has 0 radical (unpaired) electrons. The smallest absolute Gasteiger partial charge is 0.331 e. The third-order valence-corrected chi connectivity index (χ3v) is 6.49. The molecule has 1 amide bonds. The molecule has 0 saturated heterocycles. The van der Waals surface area contributed by atoms with Crippen LogP contribution in [-0.2, 0) is 24.3 Å². The number of hydrogen-bond donors (Lipinski definition) is 1. The van der Waals surface area contributed by atoms with Crippen LogP contribution in [0, 0.1) is 0 Å². The van der Waals surface area contributed by atoms with Crippen LogP contribution in [0.15, 0.2) is 65.6 Å². The molecular weight excluding hydrogens is 454 g/mol. The number of hydrogen-bond acceptors (Lipinski definition) is 6. The number of carbonyl (C=O) groups excluding carboxylic acids is 2. The van der Waals surface area contributed by atoms with Crippen LogP contribution in [-0.4, -0.2) is 50.3 Å². The van der Waals surface area contributed by atoms with Crippen LogP contribution in [0.3, 0.4) is 0 Å². The van der Waals surface area contributed by atoms with E-state index in [1.54, 1.807) is 6.07 Å². The van der Waals surface area contributed by atoms with Gasteiger partial charge < -0.3 is 10.1 Å². The third-order valence-electron chi connectivity index (χ3n) is 4.35. The minimum atomic E-state index is -3.70. The van der Waals surface area contributed by atoms with Gasteiger partial charge in [-0.3, -0.25) is 4.79 Å². The lowest BCUT2D eigenvalue weighted by molar-refractivity contribution is -0.142. The van der Waals surface area contributed by atoms with Crippen LogP contribution in [0.4, 0.5) is 5.69 Å². The van der Waals surface area contributed by atoms with E-state index < -0.39 is 28.5 Å². The zero-order valence-corrected chi connectivity index (χ0v) is 18.9. The lowest BCUT2D eigenvalue weighted by atomic mass is 10.2. The molecule has 32 heavy (non-hydrogen) atoms. The number of ether oxygens (including phenoxy) is 1. The Kier molecular flexibility index (Phi) is 7.24. The van der Waals surface area contributed by atoms with Crippen molar-refractivity contribution in [3.63, 3.8) is 0 Å². The molecule has 0 aliphatic heterocycles. The average molecular weight is 474 g/mol. The number of nitrogens with zero attached hydrogens (tertiary/aromatic N) is 2. The molecule has 8 nitrogen and oxygen atoms in total. The molecule has 166 valence electrons. The zero-order chi connectivity index (χ0) is 23.3. The van der Waals surface area contributed by atoms with Gasteiger partial charge in [0.15, 0.2) is 6.61 Å². The van der Waals surface area contributed by atoms with E-state index in [2.05, 4.69) is 10.3 Å². The van der Waals surface area contributed by atoms with Gasteiger partial charge in [-0.25, -0.2) is 22.5 Å². The van der Waals surface area contributed by atoms with E-state index in [0.29, 0.717) is 5.69 Å². The largest absolute Gasteiger partial charge is 0.452 e. The zero-order valence-electron chi connectivity index (χ0n) is 17.3. The van der Waals surface area contributed by atoms with Gasteiger partial charge in [0.1, 0.15) is 0 Å². The SMILES string of the molecule is CN(C)S(=O)(=O)c1ccc(Cl)c(NC(=O)COC(=O)/C=C/c2ccc3ccccc3n2)c1. The predicted octanol–water partition coefficient (Wildman–Crippen LogP) is 3.33. The number of rotatable bonds is 7. The first-order valence-corrected chi connectivity index (χ1v) is 11.2. The maximum Gasteiger partial charge on any atom is 0.331 e. The van der Waals surface area contributed by atoms with Crippen LogP contribution in [0.25, 0.3) is 17.0 Å². The molecule has 3 rings (SSSR count). The van der Waals surface area contributed by atoms with E-state index in [4.69, 9.17) is 16.3 Å². The number of nitrogens with one attached hydrogen (secondary N) is 1. The van der Waals surface area contributed by atoms with E-state index in [1.165, 1.54) is 44.4 Å². The summed E-state index contributed by atoms with van der Waals surface area (Å²) in [4.78, 5) is 28.4. The molecule has 0 aliphatic rings. The lowest BCUT2D eigenvalue weighted by Gasteiger charge is -2.13. The Hall–Kier alpha value is -3.27. The summed E-state index contributed by atoms with van der Waals surface area (Å²) in [6.45, 7) is -0.574. The summed E-state index contributed by atoms with van der Waals surface area (Å²) in [6, 6.07) is 15.1. The van der Waals surface area contributed by atoms with Crippen molar-refractivity contribution in [2.75, 3.05) is 26.0 Å². The topological polar surface area (TPSA) is 106 Å². The second kappa shape index (κ2) is 9.90. The Bertz CT molecular complexity index is 1310. The molecule has 2 aromatic carbocycles. The van der Waals surface area contributed by atoms with Crippen LogP contribution in [0.2, 0.25) is 5.02 Å². The Morgan fingerprint density at radius 3 is 2.62 bits per heavy atom. The number of pyridine rings is 1.